The molecular formula is C21H31N3O5. The summed E-state index contributed by atoms with van der Waals surface area (Å²) in [5.41, 5.74) is -0.421. The van der Waals surface area contributed by atoms with Gasteiger partial charge >= 0.3 is 6.09 Å². The van der Waals surface area contributed by atoms with Crippen molar-refractivity contribution in [3.05, 3.63) is 39.9 Å². The second-order valence-corrected chi connectivity index (χ2v) is 8.70. The van der Waals surface area contributed by atoms with Gasteiger partial charge < -0.3 is 15.4 Å². The standard InChI is InChI=1S/C21H31N3O5/c1-20(2,3)29-19(26)23-21(12-6-4-5-7-13-21)15-22-18(25)14-16-8-10-17(11-9-16)24(27)28/h8-11H,4-7,12-15H2,1-3H3,(H,22,25)(H,23,26). The van der Waals surface area contributed by atoms with E-state index in [-0.39, 0.29) is 18.0 Å². The molecule has 0 aliphatic heterocycles. The minimum absolute atomic E-state index is 0.00636. The van der Waals surface area contributed by atoms with Crippen LogP contribution in [0.3, 0.4) is 0 Å². The van der Waals surface area contributed by atoms with Crippen LogP contribution in [-0.4, -0.2) is 34.6 Å². The molecule has 1 aliphatic carbocycles. The number of rotatable bonds is 6. The van der Waals surface area contributed by atoms with Crippen LogP contribution in [-0.2, 0) is 16.0 Å². The number of carbonyl (C=O) groups excluding carboxylic acids is 2. The Balaban J connectivity index is 1.98. The maximum Gasteiger partial charge on any atom is 0.408 e. The minimum atomic E-state index is -0.588. The molecule has 1 aromatic rings. The Morgan fingerprint density at radius 3 is 2.21 bits per heavy atom. The van der Waals surface area contributed by atoms with Crippen LogP contribution in [0.2, 0.25) is 0 Å². The first-order valence-electron chi connectivity index (χ1n) is 10.1. The van der Waals surface area contributed by atoms with Crippen LogP contribution in [0, 0.1) is 10.1 Å². The van der Waals surface area contributed by atoms with Crippen molar-refractivity contribution in [3.63, 3.8) is 0 Å². The molecule has 29 heavy (non-hydrogen) atoms. The minimum Gasteiger partial charge on any atom is -0.444 e. The van der Waals surface area contributed by atoms with E-state index in [1.54, 1.807) is 12.1 Å². The van der Waals surface area contributed by atoms with E-state index in [0.29, 0.717) is 12.1 Å². The fourth-order valence-electron chi connectivity index (χ4n) is 3.52. The molecule has 2 N–H and O–H groups in total. The maximum absolute atomic E-state index is 12.4. The van der Waals surface area contributed by atoms with Crippen LogP contribution in [0.5, 0.6) is 0 Å². The molecule has 8 nitrogen and oxygen atoms in total. The van der Waals surface area contributed by atoms with Crippen molar-refractivity contribution >= 4 is 17.7 Å². The molecule has 160 valence electrons. The average Bonchev–Trinajstić information content (AvgIpc) is 2.85. The fourth-order valence-corrected chi connectivity index (χ4v) is 3.52. The lowest BCUT2D eigenvalue weighted by Gasteiger charge is -2.35. The average molecular weight is 405 g/mol. The summed E-state index contributed by atoms with van der Waals surface area (Å²) in [6, 6.07) is 5.94. The van der Waals surface area contributed by atoms with Gasteiger partial charge in [-0.15, -0.1) is 0 Å². The lowest BCUT2D eigenvalue weighted by Crippen LogP contribution is -2.56. The van der Waals surface area contributed by atoms with Gasteiger partial charge in [0.2, 0.25) is 5.91 Å². The number of amides is 2. The quantitative estimate of drug-likeness (QED) is 0.424. The lowest BCUT2D eigenvalue weighted by atomic mass is 9.90. The predicted octanol–water partition coefficient (Wildman–Crippen LogP) is 3.87. The van der Waals surface area contributed by atoms with Crippen LogP contribution in [0.1, 0.15) is 64.9 Å². The van der Waals surface area contributed by atoms with E-state index in [2.05, 4.69) is 10.6 Å². The van der Waals surface area contributed by atoms with E-state index in [0.717, 1.165) is 38.5 Å². The molecular weight excluding hydrogens is 374 g/mol. The van der Waals surface area contributed by atoms with Gasteiger partial charge in [0.1, 0.15) is 5.60 Å². The number of ether oxygens (including phenoxy) is 1. The number of carbonyl (C=O) groups is 2. The van der Waals surface area contributed by atoms with Gasteiger partial charge in [-0.25, -0.2) is 4.79 Å². The molecule has 1 aliphatic rings. The third-order valence-electron chi connectivity index (χ3n) is 4.96. The summed E-state index contributed by atoms with van der Waals surface area (Å²) in [4.78, 5) is 35.1. The van der Waals surface area contributed by atoms with E-state index < -0.39 is 22.2 Å². The monoisotopic (exact) mass is 405 g/mol. The molecule has 0 unspecified atom stereocenters. The van der Waals surface area contributed by atoms with Gasteiger partial charge in [-0.3, -0.25) is 14.9 Å². The summed E-state index contributed by atoms with van der Waals surface area (Å²) in [6.45, 7) is 5.78. The number of nitrogens with zero attached hydrogens (tertiary/aromatic N) is 1. The van der Waals surface area contributed by atoms with Crippen molar-refractivity contribution in [2.75, 3.05) is 6.54 Å². The Labute approximate surface area is 171 Å². The highest BCUT2D eigenvalue weighted by Gasteiger charge is 2.34. The van der Waals surface area contributed by atoms with Crippen molar-refractivity contribution in [1.82, 2.24) is 10.6 Å². The van der Waals surface area contributed by atoms with E-state index in [1.165, 1.54) is 12.1 Å². The van der Waals surface area contributed by atoms with Gasteiger partial charge in [0.15, 0.2) is 0 Å². The summed E-state index contributed by atoms with van der Waals surface area (Å²) >= 11 is 0. The molecule has 2 amide bonds. The Bertz CT molecular complexity index is 717. The van der Waals surface area contributed by atoms with Crippen LogP contribution >= 0.6 is 0 Å². The van der Waals surface area contributed by atoms with E-state index >= 15 is 0 Å². The molecule has 1 aromatic carbocycles. The molecule has 0 aromatic heterocycles. The first-order chi connectivity index (χ1) is 13.6. The summed E-state index contributed by atoms with van der Waals surface area (Å²) in [5.74, 6) is -0.187. The van der Waals surface area contributed by atoms with Crippen molar-refractivity contribution in [3.8, 4) is 0 Å². The molecule has 0 atom stereocenters. The number of alkyl carbamates (subject to hydrolysis) is 1. The molecule has 0 bridgehead atoms. The zero-order valence-corrected chi connectivity index (χ0v) is 17.5. The Kier molecular flexibility index (Phi) is 7.59. The van der Waals surface area contributed by atoms with Gasteiger partial charge in [0, 0.05) is 18.7 Å². The number of non-ortho nitro benzene ring substituents is 1. The van der Waals surface area contributed by atoms with Crippen molar-refractivity contribution < 1.29 is 19.2 Å². The first kappa shape index (κ1) is 22.6. The van der Waals surface area contributed by atoms with Gasteiger partial charge in [-0.05, 0) is 39.2 Å². The van der Waals surface area contributed by atoms with Gasteiger partial charge in [0.05, 0.1) is 16.9 Å². The summed E-state index contributed by atoms with van der Waals surface area (Å²) in [7, 11) is 0. The fraction of sp³-hybridized carbons (Fsp3) is 0.619. The van der Waals surface area contributed by atoms with Gasteiger partial charge in [-0.2, -0.15) is 0 Å². The molecule has 0 radical (unpaired) electrons. The van der Waals surface area contributed by atoms with Gasteiger partial charge in [-0.1, -0.05) is 37.8 Å². The summed E-state index contributed by atoms with van der Waals surface area (Å²) in [5, 5.41) is 16.7. The van der Waals surface area contributed by atoms with E-state index in [9.17, 15) is 19.7 Å². The van der Waals surface area contributed by atoms with Crippen LogP contribution in [0.15, 0.2) is 24.3 Å². The van der Waals surface area contributed by atoms with E-state index in [4.69, 9.17) is 4.74 Å². The number of benzene rings is 1. The Hall–Kier alpha value is -2.64. The summed E-state index contributed by atoms with van der Waals surface area (Å²) in [6.07, 6.45) is 5.39. The van der Waals surface area contributed by atoms with Gasteiger partial charge in [0.25, 0.3) is 5.69 Å². The third kappa shape index (κ3) is 7.71. The topological polar surface area (TPSA) is 111 Å². The molecule has 2 rings (SSSR count). The smallest absolute Gasteiger partial charge is 0.408 e. The zero-order valence-electron chi connectivity index (χ0n) is 17.5. The number of nitro benzene ring substituents is 1. The summed E-state index contributed by atoms with van der Waals surface area (Å²) < 4.78 is 5.42. The number of nitrogens with one attached hydrogen (secondary N) is 2. The third-order valence-corrected chi connectivity index (χ3v) is 4.96. The highest BCUT2D eigenvalue weighted by atomic mass is 16.6. The predicted molar refractivity (Wildman–Crippen MR) is 110 cm³/mol. The first-order valence-corrected chi connectivity index (χ1v) is 10.1. The normalized spacial score (nSPS) is 16.4. The van der Waals surface area contributed by atoms with Crippen molar-refractivity contribution in [2.24, 2.45) is 0 Å². The molecule has 0 heterocycles. The lowest BCUT2D eigenvalue weighted by molar-refractivity contribution is -0.384. The largest absolute Gasteiger partial charge is 0.444 e. The number of nitro groups is 1. The SMILES string of the molecule is CC(C)(C)OC(=O)NC1(CNC(=O)Cc2ccc([N+](=O)[O-])cc2)CCCCCC1. The van der Waals surface area contributed by atoms with Crippen LogP contribution in [0.4, 0.5) is 10.5 Å². The maximum atomic E-state index is 12.4. The van der Waals surface area contributed by atoms with Crippen LogP contribution in [0.25, 0.3) is 0 Å². The molecule has 8 heteroatoms. The van der Waals surface area contributed by atoms with E-state index in [1.807, 2.05) is 20.8 Å². The van der Waals surface area contributed by atoms with Crippen molar-refractivity contribution in [1.29, 1.82) is 0 Å². The molecule has 1 fully saturated rings. The molecule has 0 saturated heterocycles. The highest BCUT2D eigenvalue weighted by Crippen LogP contribution is 2.27. The van der Waals surface area contributed by atoms with Crippen molar-refractivity contribution in [2.45, 2.75) is 76.9 Å². The molecule has 1 saturated carbocycles. The highest BCUT2D eigenvalue weighted by molar-refractivity contribution is 5.79. The second-order valence-electron chi connectivity index (χ2n) is 8.70. The number of hydrogen-bond acceptors (Lipinski definition) is 5. The number of hydrogen-bond donors (Lipinski definition) is 2. The van der Waals surface area contributed by atoms with Crippen LogP contribution < -0.4 is 10.6 Å². The second kappa shape index (κ2) is 9.71. The Morgan fingerprint density at radius 1 is 1.10 bits per heavy atom. The molecule has 0 spiro atoms. The zero-order chi connectivity index (χ0) is 21.5. The Morgan fingerprint density at radius 2 is 1.69 bits per heavy atom.